The van der Waals surface area contributed by atoms with Gasteiger partial charge in [0.2, 0.25) is 0 Å². The molecular weight excluding hydrogens is 238 g/mol. The van der Waals surface area contributed by atoms with E-state index < -0.39 is 0 Å². The Morgan fingerprint density at radius 1 is 0.895 bits per heavy atom. The van der Waals surface area contributed by atoms with Crippen LogP contribution in [-0.4, -0.2) is 4.98 Å². The van der Waals surface area contributed by atoms with Gasteiger partial charge < -0.3 is 4.42 Å². The summed E-state index contributed by atoms with van der Waals surface area (Å²) in [6.45, 7) is 0. The molecule has 0 N–H and O–H groups in total. The second-order valence-corrected chi connectivity index (χ2v) is 4.45. The fraction of sp³-hybridized carbons (Fsp3) is 0. The van der Waals surface area contributed by atoms with Crippen molar-refractivity contribution in [2.45, 2.75) is 0 Å². The van der Waals surface area contributed by atoms with Crippen molar-refractivity contribution in [3.05, 3.63) is 65.1 Å². The molecule has 0 aliphatic rings. The zero-order valence-corrected chi connectivity index (χ0v) is 9.96. The minimum atomic E-state index is -0.307. The lowest BCUT2D eigenvalue weighted by atomic mass is 10.0. The van der Waals surface area contributed by atoms with Crippen LogP contribution in [0.15, 0.2) is 63.9 Å². The Bertz CT molecular complexity index is 986. The number of rotatable bonds is 0. The molecule has 0 saturated carbocycles. The van der Waals surface area contributed by atoms with Gasteiger partial charge in [-0.2, -0.15) is 0 Å². The lowest BCUT2D eigenvalue weighted by molar-refractivity contribution is 0.570. The first-order valence-electron chi connectivity index (χ1n) is 6.04. The van der Waals surface area contributed by atoms with Gasteiger partial charge in [0.05, 0.1) is 16.3 Å². The molecule has 0 saturated heterocycles. The Morgan fingerprint density at radius 2 is 1.74 bits per heavy atom. The van der Waals surface area contributed by atoms with Gasteiger partial charge in [-0.3, -0.25) is 4.98 Å². The van der Waals surface area contributed by atoms with Gasteiger partial charge in [-0.05, 0) is 24.3 Å². The standard InChI is InChI=1S/C16H9NO2/c18-16-12-6-2-1-5-11(12)14-13(19-16)8-7-10-4-3-9-17-15(10)14/h1-9H. The van der Waals surface area contributed by atoms with Crippen molar-refractivity contribution in [3.63, 3.8) is 0 Å². The number of hydrogen-bond donors (Lipinski definition) is 0. The van der Waals surface area contributed by atoms with E-state index in [0.717, 1.165) is 21.7 Å². The molecule has 90 valence electrons. The van der Waals surface area contributed by atoms with Crippen molar-refractivity contribution in [1.82, 2.24) is 4.98 Å². The van der Waals surface area contributed by atoms with E-state index in [4.69, 9.17) is 4.42 Å². The van der Waals surface area contributed by atoms with Crippen LogP contribution in [0.2, 0.25) is 0 Å². The van der Waals surface area contributed by atoms with Gasteiger partial charge in [-0.25, -0.2) is 4.79 Å². The predicted molar refractivity (Wildman–Crippen MR) is 75.3 cm³/mol. The van der Waals surface area contributed by atoms with Gasteiger partial charge in [-0.1, -0.05) is 24.3 Å². The maximum absolute atomic E-state index is 11.9. The average molecular weight is 247 g/mol. The summed E-state index contributed by atoms with van der Waals surface area (Å²) in [6.07, 6.45) is 1.75. The molecule has 3 nitrogen and oxygen atoms in total. The smallest absolute Gasteiger partial charge is 0.344 e. The number of pyridine rings is 1. The largest absolute Gasteiger partial charge is 0.422 e. The summed E-state index contributed by atoms with van der Waals surface area (Å²) in [6, 6.07) is 15.1. The van der Waals surface area contributed by atoms with E-state index in [0.29, 0.717) is 11.0 Å². The summed E-state index contributed by atoms with van der Waals surface area (Å²) in [5.41, 5.74) is 1.13. The molecule has 0 amide bonds. The molecule has 2 aromatic carbocycles. The molecule has 0 fully saturated rings. The van der Waals surface area contributed by atoms with Crippen molar-refractivity contribution in [3.8, 4) is 0 Å². The van der Waals surface area contributed by atoms with Crippen molar-refractivity contribution >= 4 is 32.6 Å². The van der Waals surface area contributed by atoms with Crippen LogP contribution in [0.4, 0.5) is 0 Å². The van der Waals surface area contributed by atoms with Crippen LogP contribution in [0.25, 0.3) is 32.6 Å². The van der Waals surface area contributed by atoms with Crippen LogP contribution in [0, 0.1) is 0 Å². The Hall–Kier alpha value is -2.68. The van der Waals surface area contributed by atoms with Gasteiger partial charge in [0.15, 0.2) is 0 Å². The summed E-state index contributed by atoms with van der Waals surface area (Å²) in [7, 11) is 0. The van der Waals surface area contributed by atoms with E-state index >= 15 is 0 Å². The highest BCUT2D eigenvalue weighted by Crippen LogP contribution is 2.28. The summed E-state index contributed by atoms with van der Waals surface area (Å²) in [4.78, 5) is 16.4. The first kappa shape index (κ1) is 10.3. The number of aromatic nitrogens is 1. The highest BCUT2D eigenvalue weighted by atomic mass is 16.4. The zero-order valence-electron chi connectivity index (χ0n) is 9.96. The van der Waals surface area contributed by atoms with Crippen molar-refractivity contribution in [2.24, 2.45) is 0 Å². The SMILES string of the molecule is O=c1oc2ccc3cccnc3c2c2ccccc12. The Balaban J connectivity index is 2.43. The molecular formula is C16H9NO2. The topological polar surface area (TPSA) is 43.1 Å². The maximum Gasteiger partial charge on any atom is 0.344 e. The van der Waals surface area contributed by atoms with Crippen LogP contribution in [0.3, 0.4) is 0 Å². The second kappa shape index (κ2) is 3.65. The first-order valence-corrected chi connectivity index (χ1v) is 6.04. The molecule has 19 heavy (non-hydrogen) atoms. The van der Waals surface area contributed by atoms with Crippen LogP contribution in [0.1, 0.15) is 0 Å². The van der Waals surface area contributed by atoms with Gasteiger partial charge in [0, 0.05) is 17.0 Å². The summed E-state index contributed by atoms with van der Waals surface area (Å²) >= 11 is 0. The van der Waals surface area contributed by atoms with Crippen molar-refractivity contribution in [2.75, 3.05) is 0 Å². The number of nitrogens with zero attached hydrogens (tertiary/aromatic N) is 1. The van der Waals surface area contributed by atoms with E-state index in [9.17, 15) is 4.79 Å². The molecule has 2 heterocycles. The Kier molecular flexibility index (Phi) is 1.97. The van der Waals surface area contributed by atoms with Crippen LogP contribution in [0.5, 0.6) is 0 Å². The molecule has 3 heteroatoms. The molecule has 0 radical (unpaired) electrons. The number of hydrogen-bond acceptors (Lipinski definition) is 3. The molecule has 0 aliphatic carbocycles. The summed E-state index contributed by atoms with van der Waals surface area (Å²) < 4.78 is 5.39. The minimum absolute atomic E-state index is 0.307. The van der Waals surface area contributed by atoms with Crippen LogP contribution < -0.4 is 5.63 Å². The number of fused-ring (bicyclic) bond motifs is 5. The lowest BCUT2D eigenvalue weighted by Gasteiger charge is -2.05. The maximum atomic E-state index is 11.9. The fourth-order valence-electron chi connectivity index (χ4n) is 2.51. The van der Waals surface area contributed by atoms with E-state index in [1.54, 1.807) is 12.3 Å². The third-order valence-corrected chi connectivity index (χ3v) is 3.36. The molecule has 4 aromatic rings. The molecule has 0 aliphatic heterocycles. The van der Waals surface area contributed by atoms with Crippen LogP contribution >= 0.6 is 0 Å². The van der Waals surface area contributed by atoms with E-state index in [2.05, 4.69) is 4.98 Å². The monoisotopic (exact) mass is 247 g/mol. The van der Waals surface area contributed by atoms with E-state index in [1.165, 1.54) is 0 Å². The molecule has 0 bridgehead atoms. The highest BCUT2D eigenvalue weighted by molar-refractivity contribution is 6.16. The van der Waals surface area contributed by atoms with Gasteiger partial charge in [-0.15, -0.1) is 0 Å². The highest BCUT2D eigenvalue weighted by Gasteiger charge is 2.10. The zero-order chi connectivity index (χ0) is 12.8. The van der Waals surface area contributed by atoms with Crippen molar-refractivity contribution in [1.29, 1.82) is 0 Å². The van der Waals surface area contributed by atoms with Crippen molar-refractivity contribution < 1.29 is 4.42 Å². The van der Waals surface area contributed by atoms with Crippen LogP contribution in [-0.2, 0) is 0 Å². The van der Waals surface area contributed by atoms with Gasteiger partial charge in [0.25, 0.3) is 0 Å². The Morgan fingerprint density at radius 3 is 2.63 bits per heavy atom. The van der Waals surface area contributed by atoms with E-state index in [-0.39, 0.29) is 5.63 Å². The lowest BCUT2D eigenvalue weighted by Crippen LogP contribution is -1.99. The third-order valence-electron chi connectivity index (χ3n) is 3.36. The fourth-order valence-corrected chi connectivity index (χ4v) is 2.51. The molecule has 0 atom stereocenters. The predicted octanol–water partition coefficient (Wildman–Crippen LogP) is 3.49. The Labute approximate surface area is 108 Å². The third kappa shape index (κ3) is 1.38. The molecule has 4 rings (SSSR count). The molecule has 2 aromatic heterocycles. The quantitative estimate of drug-likeness (QED) is 0.353. The van der Waals surface area contributed by atoms with E-state index in [1.807, 2.05) is 42.5 Å². The average Bonchev–Trinajstić information content (AvgIpc) is 2.47. The summed E-state index contributed by atoms with van der Waals surface area (Å²) in [5.74, 6) is 0. The molecule has 0 unspecified atom stereocenters. The molecule has 0 spiro atoms. The minimum Gasteiger partial charge on any atom is -0.422 e. The van der Waals surface area contributed by atoms with Gasteiger partial charge in [0.1, 0.15) is 5.58 Å². The first-order chi connectivity index (χ1) is 9.34. The summed E-state index contributed by atoms with van der Waals surface area (Å²) in [5, 5.41) is 3.41. The number of benzene rings is 2. The van der Waals surface area contributed by atoms with Gasteiger partial charge >= 0.3 is 5.63 Å². The second-order valence-electron chi connectivity index (χ2n) is 4.45. The normalized spacial score (nSPS) is 11.4.